The van der Waals surface area contributed by atoms with Crippen LogP contribution in [-0.4, -0.2) is 17.4 Å². The summed E-state index contributed by atoms with van der Waals surface area (Å²) in [6, 6.07) is 5.42. The van der Waals surface area contributed by atoms with E-state index >= 15 is 0 Å². The Hall–Kier alpha value is -2.14. The van der Waals surface area contributed by atoms with Gasteiger partial charge in [-0.1, -0.05) is 0 Å². The van der Waals surface area contributed by atoms with E-state index in [2.05, 4.69) is 0 Å². The SMILES string of the molecule is CC1(C)CC(=O)c2ccc3c(c2O1)C(c1ccsc1)CC(=O)O3. The minimum Gasteiger partial charge on any atom is -0.486 e. The van der Waals surface area contributed by atoms with Crippen LogP contribution < -0.4 is 9.47 Å². The molecule has 4 rings (SSSR count). The van der Waals surface area contributed by atoms with E-state index in [4.69, 9.17) is 9.47 Å². The molecule has 0 fully saturated rings. The largest absolute Gasteiger partial charge is 0.486 e. The van der Waals surface area contributed by atoms with Crippen molar-refractivity contribution in [1.29, 1.82) is 0 Å². The predicted octanol–water partition coefficient (Wildman–Crippen LogP) is 3.93. The maximum atomic E-state index is 12.5. The molecule has 0 N–H and O–H groups in total. The molecule has 0 bridgehead atoms. The van der Waals surface area contributed by atoms with Gasteiger partial charge in [-0.25, -0.2) is 0 Å². The quantitative estimate of drug-likeness (QED) is 0.588. The Morgan fingerprint density at radius 3 is 2.78 bits per heavy atom. The number of benzene rings is 1. The smallest absolute Gasteiger partial charge is 0.312 e. The number of carbonyl (C=O) groups excluding carboxylic acids is 2. The molecule has 1 atom stereocenters. The number of carbonyl (C=O) groups is 2. The lowest BCUT2D eigenvalue weighted by molar-refractivity contribution is -0.135. The number of hydrogen-bond acceptors (Lipinski definition) is 5. The first-order valence-corrected chi connectivity index (χ1v) is 8.51. The molecule has 2 aromatic rings. The molecule has 1 aromatic carbocycles. The zero-order valence-electron chi connectivity index (χ0n) is 12.9. The fraction of sp³-hybridized carbons (Fsp3) is 0.333. The van der Waals surface area contributed by atoms with Gasteiger partial charge in [-0.2, -0.15) is 11.3 Å². The van der Waals surface area contributed by atoms with Gasteiger partial charge in [0, 0.05) is 11.5 Å². The van der Waals surface area contributed by atoms with Gasteiger partial charge in [0.2, 0.25) is 0 Å². The summed E-state index contributed by atoms with van der Waals surface area (Å²) < 4.78 is 11.5. The van der Waals surface area contributed by atoms with Gasteiger partial charge in [-0.15, -0.1) is 0 Å². The van der Waals surface area contributed by atoms with E-state index in [1.165, 1.54) is 0 Å². The van der Waals surface area contributed by atoms with Crippen LogP contribution in [0.5, 0.6) is 11.5 Å². The highest BCUT2D eigenvalue weighted by Crippen LogP contribution is 2.49. The maximum absolute atomic E-state index is 12.5. The number of hydrogen-bond donors (Lipinski definition) is 0. The zero-order valence-corrected chi connectivity index (χ0v) is 13.7. The molecule has 0 spiro atoms. The maximum Gasteiger partial charge on any atom is 0.312 e. The summed E-state index contributed by atoms with van der Waals surface area (Å²) in [5.41, 5.74) is 1.91. The second-order valence-corrected chi connectivity index (χ2v) is 7.38. The second-order valence-electron chi connectivity index (χ2n) is 6.60. The average Bonchev–Trinajstić information content (AvgIpc) is 2.98. The first kappa shape index (κ1) is 14.5. The summed E-state index contributed by atoms with van der Waals surface area (Å²) >= 11 is 1.59. The molecule has 0 saturated carbocycles. The van der Waals surface area contributed by atoms with Crippen molar-refractivity contribution >= 4 is 23.1 Å². The van der Waals surface area contributed by atoms with E-state index in [0.29, 0.717) is 23.5 Å². The monoisotopic (exact) mass is 328 g/mol. The lowest BCUT2D eigenvalue weighted by atomic mass is 9.83. The van der Waals surface area contributed by atoms with Crippen LogP contribution in [0.1, 0.15) is 54.1 Å². The van der Waals surface area contributed by atoms with Gasteiger partial charge < -0.3 is 9.47 Å². The van der Waals surface area contributed by atoms with Crippen LogP contribution in [0, 0.1) is 0 Å². The van der Waals surface area contributed by atoms with E-state index in [1.54, 1.807) is 23.5 Å². The first-order chi connectivity index (χ1) is 10.9. The number of ether oxygens (including phenoxy) is 2. The van der Waals surface area contributed by atoms with Crippen LogP contribution >= 0.6 is 11.3 Å². The normalized spacial score (nSPS) is 21.9. The molecule has 0 amide bonds. The Morgan fingerprint density at radius 1 is 1.22 bits per heavy atom. The third-order valence-electron chi connectivity index (χ3n) is 4.31. The fourth-order valence-corrected chi connectivity index (χ4v) is 4.03. The molecular formula is C18H16O4S. The van der Waals surface area contributed by atoms with Gasteiger partial charge in [0.05, 0.1) is 18.4 Å². The van der Waals surface area contributed by atoms with Crippen LogP contribution in [0.15, 0.2) is 29.0 Å². The molecule has 2 aliphatic rings. The second kappa shape index (κ2) is 4.93. The Morgan fingerprint density at radius 2 is 2.04 bits per heavy atom. The Balaban J connectivity index is 1.94. The van der Waals surface area contributed by atoms with Crippen LogP contribution in [0.4, 0.5) is 0 Å². The van der Waals surface area contributed by atoms with Crippen molar-refractivity contribution in [1.82, 2.24) is 0 Å². The van der Waals surface area contributed by atoms with Crippen LogP contribution in [0.25, 0.3) is 0 Å². The molecule has 3 heterocycles. The minimum atomic E-state index is -0.556. The number of Topliss-reactive ketones (excluding diaryl/α,β-unsaturated/α-hetero) is 1. The third-order valence-corrected chi connectivity index (χ3v) is 5.01. The van der Waals surface area contributed by atoms with Crippen molar-refractivity contribution in [3.63, 3.8) is 0 Å². The molecule has 0 saturated heterocycles. The minimum absolute atomic E-state index is 0.0695. The average molecular weight is 328 g/mol. The van der Waals surface area contributed by atoms with Crippen LogP contribution in [0.2, 0.25) is 0 Å². The van der Waals surface area contributed by atoms with E-state index in [1.807, 2.05) is 30.7 Å². The van der Waals surface area contributed by atoms with Crippen LogP contribution in [0.3, 0.4) is 0 Å². The summed E-state index contributed by atoms with van der Waals surface area (Å²) in [6.45, 7) is 3.81. The standard InChI is InChI=1S/C18H16O4S/c1-18(2)8-13(19)11-3-4-14-16(17(11)22-18)12(7-15(20)21-14)10-5-6-23-9-10/h3-6,9,12H,7-8H2,1-2H3. The summed E-state index contributed by atoms with van der Waals surface area (Å²) in [4.78, 5) is 24.4. The highest BCUT2D eigenvalue weighted by Gasteiger charge is 2.39. The highest BCUT2D eigenvalue weighted by atomic mass is 32.1. The summed E-state index contributed by atoms with van der Waals surface area (Å²) in [5, 5.41) is 4.02. The van der Waals surface area contributed by atoms with E-state index < -0.39 is 5.60 Å². The van der Waals surface area contributed by atoms with Gasteiger partial charge in [0.25, 0.3) is 0 Å². The van der Waals surface area contributed by atoms with Crippen molar-refractivity contribution in [3.8, 4) is 11.5 Å². The molecule has 0 aliphatic carbocycles. The Kier molecular flexibility index (Phi) is 3.10. The molecular weight excluding hydrogens is 312 g/mol. The van der Waals surface area contributed by atoms with Crippen molar-refractivity contribution < 1.29 is 19.1 Å². The zero-order chi connectivity index (χ0) is 16.2. The molecule has 1 unspecified atom stereocenters. The molecule has 118 valence electrons. The van der Waals surface area contributed by atoms with E-state index in [0.717, 1.165) is 11.1 Å². The highest BCUT2D eigenvalue weighted by molar-refractivity contribution is 7.08. The van der Waals surface area contributed by atoms with Crippen molar-refractivity contribution in [2.75, 3.05) is 0 Å². The lowest BCUT2D eigenvalue weighted by Crippen LogP contribution is -2.37. The topological polar surface area (TPSA) is 52.6 Å². The van der Waals surface area contributed by atoms with Gasteiger partial charge in [0.1, 0.15) is 17.1 Å². The number of rotatable bonds is 1. The fourth-order valence-electron chi connectivity index (χ4n) is 3.32. The number of ketones is 1. The molecule has 2 aliphatic heterocycles. The predicted molar refractivity (Wildman–Crippen MR) is 86.5 cm³/mol. The molecule has 0 radical (unpaired) electrons. The van der Waals surface area contributed by atoms with Gasteiger partial charge in [0.15, 0.2) is 5.78 Å². The molecule has 4 nitrogen and oxygen atoms in total. The van der Waals surface area contributed by atoms with Gasteiger partial charge in [-0.05, 0) is 48.4 Å². The lowest BCUT2D eigenvalue weighted by Gasteiger charge is -2.36. The summed E-state index contributed by atoms with van der Waals surface area (Å²) in [7, 11) is 0. The van der Waals surface area contributed by atoms with Crippen LogP contribution in [-0.2, 0) is 4.79 Å². The first-order valence-electron chi connectivity index (χ1n) is 7.56. The Bertz CT molecular complexity index is 805. The summed E-state index contributed by atoms with van der Waals surface area (Å²) in [5.74, 6) is 0.762. The van der Waals surface area contributed by atoms with Gasteiger partial charge >= 0.3 is 5.97 Å². The Labute approximate surface area is 138 Å². The summed E-state index contributed by atoms with van der Waals surface area (Å²) in [6.07, 6.45) is 0.611. The van der Waals surface area contributed by atoms with Crippen molar-refractivity contribution in [3.05, 3.63) is 45.6 Å². The molecule has 5 heteroatoms. The van der Waals surface area contributed by atoms with Crippen molar-refractivity contribution in [2.24, 2.45) is 0 Å². The van der Waals surface area contributed by atoms with E-state index in [-0.39, 0.29) is 24.1 Å². The number of thiophene rings is 1. The van der Waals surface area contributed by atoms with Gasteiger partial charge in [-0.3, -0.25) is 9.59 Å². The molecule has 1 aromatic heterocycles. The van der Waals surface area contributed by atoms with Crippen molar-refractivity contribution in [2.45, 2.75) is 38.2 Å². The number of esters is 1. The van der Waals surface area contributed by atoms with E-state index in [9.17, 15) is 9.59 Å². The molecule has 23 heavy (non-hydrogen) atoms. The number of fused-ring (bicyclic) bond motifs is 3. The third kappa shape index (κ3) is 2.36.